The predicted octanol–water partition coefficient (Wildman–Crippen LogP) is 2.75. The lowest BCUT2D eigenvalue weighted by molar-refractivity contribution is 0.628. The molecule has 0 bridgehead atoms. The summed E-state index contributed by atoms with van der Waals surface area (Å²) in [6.07, 6.45) is 4.67. The monoisotopic (exact) mass is 309 g/mol. The maximum absolute atomic E-state index is 13.1. The van der Waals surface area contributed by atoms with Gasteiger partial charge in [-0.2, -0.15) is 5.10 Å². The molecule has 6 heteroatoms. The number of aromatic amines is 1. The number of aromatic nitrogens is 4. The molecule has 0 radical (unpaired) electrons. The van der Waals surface area contributed by atoms with E-state index in [0.29, 0.717) is 11.7 Å². The summed E-state index contributed by atoms with van der Waals surface area (Å²) in [5.41, 5.74) is 3.65. The molecule has 4 rings (SSSR count). The van der Waals surface area contributed by atoms with Crippen LogP contribution < -0.4 is 5.32 Å². The second-order valence-corrected chi connectivity index (χ2v) is 5.66. The second kappa shape index (κ2) is 5.89. The van der Waals surface area contributed by atoms with E-state index in [1.165, 1.54) is 12.1 Å². The van der Waals surface area contributed by atoms with Crippen LogP contribution in [-0.4, -0.2) is 33.3 Å². The Bertz CT molecular complexity index is 792. The molecule has 23 heavy (non-hydrogen) atoms. The van der Waals surface area contributed by atoms with E-state index in [9.17, 15) is 4.39 Å². The molecule has 3 aromatic rings. The van der Waals surface area contributed by atoms with Crippen LogP contribution in [0.4, 0.5) is 4.39 Å². The average Bonchev–Trinajstić information content (AvgIpc) is 3.29. The van der Waals surface area contributed by atoms with E-state index in [1.807, 2.05) is 12.3 Å². The molecular formula is C17H16FN5. The molecule has 1 atom stereocenters. The number of halogens is 1. The van der Waals surface area contributed by atoms with Crippen LogP contribution in [0.1, 0.15) is 17.9 Å². The Balaban J connectivity index is 1.81. The smallest absolute Gasteiger partial charge is 0.159 e. The number of H-pyrrole nitrogens is 1. The molecule has 1 saturated heterocycles. The van der Waals surface area contributed by atoms with Crippen LogP contribution in [0, 0.1) is 5.82 Å². The van der Waals surface area contributed by atoms with Gasteiger partial charge < -0.3 is 5.32 Å². The fraction of sp³-hybridized carbons (Fsp3) is 0.235. The third kappa shape index (κ3) is 2.73. The lowest BCUT2D eigenvalue weighted by Gasteiger charge is -2.14. The number of nitrogens with one attached hydrogen (secondary N) is 2. The van der Waals surface area contributed by atoms with Crippen molar-refractivity contribution in [1.82, 2.24) is 25.5 Å². The summed E-state index contributed by atoms with van der Waals surface area (Å²) in [5, 5.41) is 10.4. The van der Waals surface area contributed by atoms with Crippen molar-refractivity contribution in [3.63, 3.8) is 0 Å². The number of benzene rings is 1. The topological polar surface area (TPSA) is 66.5 Å². The molecule has 1 aliphatic rings. The largest absolute Gasteiger partial charge is 0.316 e. The molecule has 1 aliphatic heterocycles. The highest BCUT2D eigenvalue weighted by Crippen LogP contribution is 2.31. The van der Waals surface area contributed by atoms with Crippen LogP contribution in [0.25, 0.3) is 22.8 Å². The Morgan fingerprint density at radius 3 is 2.70 bits per heavy atom. The van der Waals surface area contributed by atoms with Crippen molar-refractivity contribution >= 4 is 0 Å². The first-order chi connectivity index (χ1) is 11.3. The first kappa shape index (κ1) is 14.0. The maximum Gasteiger partial charge on any atom is 0.159 e. The Kier molecular flexibility index (Phi) is 3.59. The molecule has 1 unspecified atom stereocenters. The third-order valence-electron chi connectivity index (χ3n) is 4.18. The van der Waals surface area contributed by atoms with Crippen molar-refractivity contribution in [1.29, 1.82) is 0 Å². The first-order valence-corrected chi connectivity index (χ1v) is 7.64. The molecule has 2 aromatic heterocycles. The fourth-order valence-electron chi connectivity index (χ4n) is 2.95. The van der Waals surface area contributed by atoms with Crippen molar-refractivity contribution in [3.8, 4) is 22.8 Å². The van der Waals surface area contributed by atoms with Crippen molar-refractivity contribution < 1.29 is 4.39 Å². The predicted molar refractivity (Wildman–Crippen MR) is 85.2 cm³/mol. The van der Waals surface area contributed by atoms with Gasteiger partial charge >= 0.3 is 0 Å². The van der Waals surface area contributed by atoms with Crippen molar-refractivity contribution in [2.24, 2.45) is 0 Å². The molecule has 0 saturated carbocycles. The van der Waals surface area contributed by atoms with Gasteiger partial charge in [-0.3, -0.25) is 5.10 Å². The van der Waals surface area contributed by atoms with Gasteiger partial charge in [0.25, 0.3) is 0 Å². The maximum atomic E-state index is 13.1. The molecular weight excluding hydrogens is 293 g/mol. The highest BCUT2D eigenvalue weighted by molar-refractivity contribution is 5.64. The average molecular weight is 309 g/mol. The van der Waals surface area contributed by atoms with Crippen LogP contribution in [0.15, 0.2) is 42.7 Å². The summed E-state index contributed by atoms with van der Waals surface area (Å²) in [4.78, 5) is 9.23. The number of rotatable bonds is 3. The van der Waals surface area contributed by atoms with Crippen LogP contribution in [0.3, 0.4) is 0 Å². The van der Waals surface area contributed by atoms with E-state index in [4.69, 9.17) is 4.98 Å². The lowest BCUT2D eigenvalue weighted by Crippen LogP contribution is -2.10. The van der Waals surface area contributed by atoms with E-state index < -0.39 is 0 Å². The highest BCUT2D eigenvalue weighted by atomic mass is 19.1. The van der Waals surface area contributed by atoms with Gasteiger partial charge in [-0.1, -0.05) is 0 Å². The zero-order valence-electron chi connectivity index (χ0n) is 12.5. The normalized spacial score (nSPS) is 17.5. The highest BCUT2D eigenvalue weighted by Gasteiger charge is 2.22. The van der Waals surface area contributed by atoms with Crippen LogP contribution in [-0.2, 0) is 0 Å². The van der Waals surface area contributed by atoms with E-state index in [-0.39, 0.29) is 5.82 Å². The van der Waals surface area contributed by atoms with Gasteiger partial charge in [0.1, 0.15) is 5.82 Å². The quantitative estimate of drug-likeness (QED) is 0.781. The van der Waals surface area contributed by atoms with Crippen molar-refractivity contribution in [2.45, 2.75) is 12.3 Å². The van der Waals surface area contributed by atoms with Gasteiger partial charge in [-0.25, -0.2) is 14.4 Å². The zero-order chi connectivity index (χ0) is 15.6. The Labute approximate surface area is 133 Å². The molecule has 3 heterocycles. The number of hydrogen-bond acceptors (Lipinski definition) is 4. The number of hydrogen-bond donors (Lipinski definition) is 2. The van der Waals surface area contributed by atoms with Crippen molar-refractivity contribution in [3.05, 3.63) is 54.1 Å². The molecule has 2 N–H and O–H groups in total. The molecule has 1 fully saturated rings. The van der Waals surface area contributed by atoms with Gasteiger partial charge in [0.15, 0.2) is 5.82 Å². The summed E-state index contributed by atoms with van der Waals surface area (Å²) in [7, 11) is 0. The third-order valence-corrected chi connectivity index (χ3v) is 4.18. The van der Waals surface area contributed by atoms with Gasteiger partial charge in [0.05, 0.1) is 11.4 Å². The Morgan fingerprint density at radius 2 is 2.00 bits per heavy atom. The zero-order valence-corrected chi connectivity index (χ0v) is 12.5. The van der Waals surface area contributed by atoms with Crippen molar-refractivity contribution in [2.75, 3.05) is 13.1 Å². The van der Waals surface area contributed by atoms with E-state index in [1.54, 1.807) is 18.3 Å². The van der Waals surface area contributed by atoms with Crippen LogP contribution in [0.5, 0.6) is 0 Å². The van der Waals surface area contributed by atoms with E-state index in [2.05, 4.69) is 20.5 Å². The van der Waals surface area contributed by atoms with Gasteiger partial charge in [0.2, 0.25) is 0 Å². The molecule has 0 amide bonds. The minimum Gasteiger partial charge on any atom is -0.316 e. The molecule has 5 nitrogen and oxygen atoms in total. The van der Waals surface area contributed by atoms with Gasteiger partial charge in [0, 0.05) is 36.0 Å². The molecule has 116 valence electrons. The summed E-state index contributed by atoms with van der Waals surface area (Å²) >= 11 is 0. The lowest BCUT2D eigenvalue weighted by atomic mass is 9.97. The summed E-state index contributed by atoms with van der Waals surface area (Å²) < 4.78 is 13.1. The Hall–Kier alpha value is -2.60. The van der Waals surface area contributed by atoms with E-state index in [0.717, 1.165) is 42.0 Å². The molecule has 0 aliphatic carbocycles. The second-order valence-electron chi connectivity index (χ2n) is 5.66. The van der Waals surface area contributed by atoms with Crippen LogP contribution >= 0.6 is 0 Å². The molecule has 1 aromatic carbocycles. The summed E-state index contributed by atoms with van der Waals surface area (Å²) in [6.45, 7) is 1.94. The SMILES string of the molecule is Fc1ccc(-c2ncc(C3CCNC3)c(-c3ccn[nH]3)n2)cc1. The standard InChI is InChI=1S/C17H16FN5/c18-13-3-1-11(2-4-13)17-20-10-14(12-5-7-19-9-12)16(22-17)15-6-8-21-23-15/h1-4,6,8,10,12,19H,5,7,9H2,(H,21,23). The fourth-order valence-corrected chi connectivity index (χ4v) is 2.95. The van der Waals surface area contributed by atoms with E-state index >= 15 is 0 Å². The summed E-state index contributed by atoms with van der Waals surface area (Å²) in [6, 6.07) is 8.13. The minimum atomic E-state index is -0.267. The van der Waals surface area contributed by atoms with Crippen LogP contribution in [0.2, 0.25) is 0 Å². The first-order valence-electron chi connectivity index (χ1n) is 7.64. The molecule has 0 spiro atoms. The summed E-state index contributed by atoms with van der Waals surface area (Å²) in [5.74, 6) is 0.719. The number of nitrogens with zero attached hydrogens (tertiary/aromatic N) is 3. The van der Waals surface area contributed by atoms with Gasteiger partial charge in [-0.15, -0.1) is 0 Å². The Morgan fingerprint density at radius 1 is 1.13 bits per heavy atom. The minimum absolute atomic E-state index is 0.267. The van der Waals surface area contributed by atoms with Gasteiger partial charge in [-0.05, 0) is 43.3 Å².